The predicted octanol–water partition coefficient (Wildman–Crippen LogP) is 4.14. The van der Waals surface area contributed by atoms with Crippen molar-refractivity contribution < 1.29 is 33.9 Å². The quantitative estimate of drug-likeness (QED) is 0.141. The van der Waals surface area contributed by atoms with E-state index < -0.39 is 47.5 Å². The molecular formula is C33H55N3O7. The Hall–Kier alpha value is -2.88. The first-order valence-electron chi connectivity index (χ1n) is 16.0. The first-order chi connectivity index (χ1) is 20.2. The van der Waals surface area contributed by atoms with E-state index in [0.29, 0.717) is 25.2 Å². The van der Waals surface area contributed by atoms with Crippen LogP contribution in [0.5, 0.6) is 0 Å². The van der Waals surface area contributed by atoms with Gasteiger partial charge in [-0.25, -0.2) is 0 Å². The number of aliphatic carboxylic acids is 1. The van der Waals surface area contributed by atoms with E-state index in [9.17, 15) is 28.8 Å². The molecule has 0 aromatic carbocycles. The summed E-state index contributed by atoms with van der Waals surface area (Å²) < 4.78 is 0. The lowest BCUT2D eigenvalue weighted by atomic mass is 9.79. The summed E-state index contributed by atoms with van der Waals surface area (Å²) in [5, 5.41) is 14.6. The third-order valence-corrected chi connectivity index (χ3v) is 8.38. The minimum Gasteiger partial charge on any atom is -0.481 e. The van der Waals surface area contributed by atoms with E-state index in [4.69, 9.17) is 10.8 Å². The lowest BCUT2D eigenvalue weighted by Gasteiger charge is -2.30. The highest BCUT2D eigenvalue weighted by molar-refractivity contribution is 6.06. The molecule has 1 aliphatic rings. The highest BCUT2D eigenvalue weighted by Gasteiger charge is 2.36. The fraction of sp³-hybridized carbons (Fsp3) is 0.758. The molecule has 0 unspecified atom stereocenters. The normalized spacial score (nSPS) is 16.7. The first-order valence-corrected chi connectivity index (χ1v) is 16.0. The molecule has 4 atom stereocenters. The van der Waals surface area contributed by atoms with Crippen molar-refractivity contribution in [3.8, 4) is 0 Å². The molecular weight excluding hydrogens is 550 g/mol. The van der Waals surface area contributed by atoms with Crippen molar-refractivity contribution in [2.75, 3.05) is 6.54 Å². The van der Waals surface area contributed by atoms with Crippen LogP contribution in [0.25, 0.3) is 0 Å². The number of Topliss-reactive ketones (excluding diaryl/α,β-unsaturated/α-hetero) is 3. The molecule has 2 amide bonds. The summed E-state index contributed by atoms with van der Waals surface area (Å²) in [4.78, 5) is 76.7. The number of ketones is 3. The molecule has 0 aliphatic heterocycles. The molecule has 0 aromatic rings. The zero-order valence-corrected chi connectivity index (χ0v) is 26.9. The Bertz CT molecular complexity index is 985. The number of amides is 2. The van der Waals surface area contributed by atoms with Gasteiger partial charge in [0.15, 0.2) is 11.6 Å². The van der Waals surface area contributed by atoms with Crippen LogP contribution in [-0.2, 0) is 28.8 Å². The lowest BCUT2D eigenvalue weighted by molar-refractivity contribution is -0.138. The van der Waals surface area contributed by atoms with Gasteiger partial charge in [0.1, 0.15) is 5.78 Å². The largest absolute Gasteiger partial charge is 0.481 e. The third-order valence-electron chi connectivity index (χ3n) is 8.38. The number of carboxylic acid groups (broad SMARTS) is 1. The molecule has 1 aliphatic carbocycles. The fourth-order valence-electron chi connectivity index (χ4n) is 5.78. The van der Waals surface area contributed by atoms with Crippen LogP contribution in [0.2, 0.25) is 0 Å². The molecule has 0 heterocycles. The van der Waals surface area contributed by atoms with Crippen molar-refractivity contribution in [3.05, 3.63) is 12.2 Å². The Morgan fingerprint density at radius 2 is 1.47 bits per heavy atom. The van der Waals surface area contributed by atoms with E-state index in [1.165, 1.54) is 6.92 Å². The summed E-state index contributed by atoms with van der Waals surface area (Å²) in [7, 11) is 0. The zero-order chi connectivity index (χ0) is 32.7. The van der Waals surface area contributed by atoms with Crippen LogP contribution >= 0.6 is 0 Å². The standard InChI is InChI=1S/C33H55N3O7/c1-20(2)12-13-26(38)19-25(16-17-34)32(42)36-28(18-24-10-8-7-9-11-24)31(41)22(5)30(21(3)4)33(43)35-27(23(6)37)14-15-29(39)40/h20-21,24-25,27-28,30H,5,7-19,34H2,1-4,6H3,(H,35,43)(H,36,42)(H,39,40)/t25-,27+,28+,30-/m1/s1. The minimum atomic E-state index is -1.09. The Labute approximate surface area is 257 Å². The van der Waals surface area contributed by atoms with E-state index in [2.05, 4.69) is 17.2 Å². The van der Waals surface area contributed by atoms with Crippen molar-refractivity contribution in [2.45, 2.75) is 124 Å². The lowest BCUT2D eigenvalue weighted by Crippen LogP contribution is -2.49. The summed E-state index contributed by atoms with van der Waals surface area (Å²) in [6.07, 6.45) is 6.60. The molecule has 244 valence electrons. The van der Waals surface area contributed by atoms with Crippen LogP contribution in [0.3, 0.4) is 0 Å². The van der Waals surface area contributed by atoms with Gasteiger partial charge in [0.2, 0.25) is 11.8 Å². The average Bonchev–Trinajstić information content (AvgIpc) is 2.93. The number of nitrogens with two attached hydrogens (primary N) is 1. The number of rotatable bonds is 21. The van der Waals surface area contributed by atoms with Gasteiger partial charge in [-0.3, -0.25) is 28.8 Å². The van der Waals surface area contributed by atoms with Crippen LogP contribution in [0, 0.1) is 29.6 Å². The minimum absolute atomic E-state index is 0.0127. The zero-order valence-electron chi connectivity index (χ0n) is 26.9. The topological polar surface area (TPSA) is 173 Å². The molecule has 0 saturated heterocycles. The smallest absolute Gasteiger partial charge is 0.303 e. The van der Waals surface area contributed by atoms with Crippen molar-refractivity contribution in [2.24, 2.45) is 35.3 Å². The van der Waals surface area contributed by atoms with Crippen molar-refractivity contribution in [1.82, 2.24) is 10.6 Å². The number of hydrogen-bond acceptors (Lipinski definition) is 7. The Kier molecular flexibility index (Phi) is 17.2. The SMILES string of the molecule is C=C(C(=O)[C@H](CC1CCCCC1)NC(=O)[C@H](CCN)CC(=O)CCC(C)C)[C@H](C(=O)N[C@@H](CCC(=O)O)C(C)=O)C(C)C. The predicted molar refractivity (Wildman–Crippen MR) is 166 cm³/mol. The van der Waals surface area contributed by atoms with Crippen molar-refractivity contribution in [3.63, 3.8) is 0 Å². The van der Waals surface area contributed by atoms with Crippen molar-refractivity contribution >= 4 is 35.1 Å². The summed E-state index contributed by atoms with van der Waals surface area (Å²) in [5.41, 5.74) is 5.81. The molecule has 10 nitrogen and oxygen atoms in total. The van der Waals surface area contributed by atoms with Gasteiger partial charge in [-0.15, -0.1) is 0 Å². The molecule has 0 radical (unpaired) electrons. The maximum Gasteiger partial charge on any atom is 0.303 e. The third kappa shape index (κ3) is 14.0. The van der Waals surface area contributed by atoms with E-state index in [-0.39, 0.29) is 54.8 Å². The number of carbonyl (C=O) groups is 6. The monoisotopic (exact) mass is 605 g/mol. The van der Waals surface area contributed by atoms with Gasteiger partial charge >= 0.3 is 5.97 Å². The second-order valence-electron chi connectivity index (χ2n) is 13.0. The van der Waals surface area contributed by atoms with E-state index in [1.54, 1.807) is 13.8 Å². The molecule has 43 heavy (non-hydrogen) atoms. The van der Waals surface area contributed by atoms with Crippen LogP contribution < -0.4 is 16.4 Å². The van der Waals surface area contributed by atoms with Crippen LogP contribution in [0.4, 0.5) is 0 Å². The van der Waals surface area contributed by atoms with Crippen LogP contribution in [0.1, 0.15) is 112 Å². The fourth-order valence-corrected chi connectivity index (χ4v) is 5.78. The van der Waals surface area contributed by atoms with E-state index >= 15 is 0 Å². The Morgan fingerprint density at radius 1 is 0.860 bits per heavy atom. The highest BCUT2D eigenvalue weighted by Crippen LogP contribution is 2.30. The van der Waals surface area contributed by atoms with Gasteiger partial charge in [-0.05, 0) is 56.9 Å². The highest BCUT2D eigenvalue weighted by atomic mass is 16.4. The molecule has 0 spiro atoms. The maximum absolute atomic E-state index is 14.0. The maximum atomic E-state index is 14.0. The molecule has 1 fully saturated rings. The number of carbonyl (C=O) groups excluding carboxylic acids is 5. The molecule has 0 bridgehead atoms. The van der Waals surface area contributed by atoms with Gasteiger partial charge in [0.25, 0.3) is 0 Å². The summed E-state index contributed by atoms with van der Waals surface area (Å²) in [6, 6.07) is -1.92. The summed E-state index contributed by atoms with van der Waals surface area (Å²) >= 11 is 0. The van der Waals surface area contributed by atoms with Gasteiger partial charge in [-0.2, -0.15) is 0 Å². The van der Waals surface area contributed by atoms with E-state index in [1.807, 2.05) is 13.8 Å². The molecule has 1 rings (SSSR count). The second-order valence-corrected chi connectivity index (χ2v) is 13.0. The van der Waals surface area contributed by atoms with Gasteiger partial charge < -0.3 is 21.5 Å². The summed E-state index contributed by atoms with van der Waals surface area (Å²) in [6.45, 7) is 13.1. The molecule has 5 N–H and O–H groups in total. The summed E-state index contributed by atoms with van der Waals surface area (Å²) in [5.74, 6) is -4.34. The number of carboxylic acids is 1. The molecule has 1 saturated carbocycles. The average molecular weight is 606 g/mol. The number of nitrogens with one attached hydrogen (secondary N) is 2. The van der Waals surface area contributed by atoms with Gasteiger partial charge in [0.05, 0.1) is 18.0 Å². The number of hydrogen-bond donors (Lipinski definition) is 4. The molecule has 10 heteroatoms. The Balaban J connectivity index is 3.20. The Morgan fingerprint density at radius 3 is 1.98 bits per heavy atom. The van der Waals surface area contributed by atoms with Crippen LogP contribution in [-0.4, -0.2) is 58.9 Å². The van der Waals surface area contributed by atoms with Gasteiger partial charge in [-0.1, -0.05) is 66.4 Å². The first kappa shape index (κ1) is 38.1. The van der Waals surface area contributed by atoms with Gasteiger partial charge in [0, 0.05) is 30.8 Å². The molecule has 0 aromatic heterocycles. The second kappa shape index (κ2) is 19.4. The van der Waals surface area contributed by atoms with E-state index in [0.717, 1.165) is 38.5 Å². The van der Waals surface area contributed by atoms with Crippen LogP contribution in [0.15, 0.2) is 12.2 Å². The van der Waals surface area contributed by atoms with Crippen molar-refractivity contribution in [1.29, 1.82) is 0 Å².